The van der Waals surface area contributed by atoms with Crippen LogP contribution in [-0.4, -0.2) is 4.98 Å². The van der Waals surface area contributed by atoms with E-state index in [1.807, 2.05) is 24.3 Å². The third kappa shape index (κ3) is 0.984. The minimum Gasteiger partial charge on any atom is -0.261 e. The molecule has 2 rings (SSSR count). The van der Waals surface area contributed by atoms with Gasteiger partial charge in [0.2, 0.25) is 0 Å². The lowest BCUT2D eigenvalue weighted by atomic mass is 10.1. The summed E-state index contributed by atoms with van der Waals surface area (Å²) in [4.78, 5) is 4.10. The molecule has 0 spiro atoms. The molecular formula is C10H8N. The lowest BCUT2D eigenvalue weighted by Gasteiger charge is -1.97. The molecule has 53 valence electrons. The largest absolute Gasteiger partial charge is 0.261 e. The van der Waals surface area contributed by atoms with Gasteiger partial charge < -0.3 is 0 Å². The normalized spacial score (nSPS) is 10.3. The van der Waals surface area contributed by atoms with Crippen LogP contribution < -0.4 is 0 Å². The van der Waals surface area contributed by atoms with Gasteiger partial charge in [0.05, 0.1) is 0 Å². The predicted molar refractivity (Wildman–Crippen MR) is 46.2 cm³/mol. The maximum atomic E-state index is 4.10. The zero-order valence-corrected chi connectivity index (χ0v) is 6.12. The summed E-state index contributed by atoms with van der Waals surface area (Å²) in [5, 5.41) is 2.34. The molecule has 11 heavy (non-hydrogen) atoms. The number of benzene rings is 1. The van der Waals surface area contributed by atoms with Crippen molar-refractivity contribution in [1.29, 1.82) is 0 Å². The maximum Gasteiger partial charge on any atom is 0.0485 e. The van der Waals surface area contributed by atoms with E-state index in [0.717, 1.165) is 11.1 Å². The molecule has 0 fully saturated rings. The van der Waals surface area contributed by atoms with Crippen molar-refractivity contribution in [3.63, 3.8) is 0 Å². The maximum absolute atomic E-state index is 4.10. The van der Waals surface area contributed by atoms with Gasteiger partial charge in [-0.05, 0) is 18.4 Å². The quantitative estimate of drug-likeness (QED) is 0.550. The zero-order valence-electron chi connectivity index (χ0n) is 6.12. The summed E-state index contributed by atoms with van der Waals surface area (Å²) < 4.78 is 0. The van der Waals surface area contributed by atoms with Gasteiger partial charge in [-0.1, -0.05) is 24.3 Å². The Labute approximate surface area is 65.7 Å². The first kappa shape index (κ1) is 6.35. The summed E-state index contributed by atoms with van der Waals surface area (Å²) in [7, 11) is 0. The van der Waals surface area contributed by atoms with Crippen molar-refractivity contribution in [2.75, 3.05) is 0 Å². The van der Waals surface area contributed by atoms with Gasteiger partial charge in [-0.2, -0.15) is 0 Å². The fourth-order valence-electron chi connectivity index (χ4n) is 1.18. The Morgan fingerprint density at radius 1 is 1.09 bits per heavy atom. The first-order chi connectivity index (χ1) is 5.38. The van der Waals surface area contributed by atoms with Crippen LogP contribution in [0.1, 0.15) is 5.69 Å². The first-order valence-corrected chi connectivity index (χ1v) is 3.53. The van der Waals surface area contributed by atoms with Crippen LogP contribution in [0.25, 0.3) is 10.8 Å². The average Bonchev–Trinajstić information content (AvgIpc) is 2.06. The summed E-state index contributed by atoms with van der Waals surface area (Å²) in [5.41, 5.74) is 0.850. The van der Waals surface area contributed by atoms with Crippen LogP contribution in [0.4, 0.5) is 0 Å². The van der Waals surface area contributed by atoms with Gasteiger partial charge in [0.25, 0.3) is 0 Å². The zero-order chi connectivity index (χ0) is 7.68. The highest BCUT2D eigenvalue weighted by Crippen LogP contribution is 2.14. The van der Waals surface area contributed by atoms with Gasteiger partial charge in [0, 0.05) is 17.3 Å². The molecule has 0 bridgehead atoms. The fourth-order valence-corrected chi connectivity index (χ4v) is 1.18. The molecule has 0 aliphatic heterocycles. The molecular weight excluding hydrogens is 134 g/mol. The molecule has 0 amide bonds. The highest BCUT2D eigenvalue weighted by molar-refractivity contribution is 5.84. The Morgan fingerprint density at radius 3 is 2.73 bits per heavy atom. The fraction of sp³-hybridized carbons (Fsp3) is 0. The highest BCUT2D eigenvalue weighted by Gasteiger charge is 1.93. The van der Waals surface area contributed by atoms with E-state index in [9.17, 15) is 0 Å². The van der Waals surface area contributed by atoms with Crippen LogP contribution in [-0.2, 0) is 0 Å². The molecule has 1 aromatic heterocycles. The summed E-state index contributed by atoms with van der Waals surface area (Å²) in [6.45, 7) is 3.84. The molecule has 0 saturated carbocycles. The molecule has 0 N–H and O–H groups in total. The van der Waals surface area contributed by atoms with Crippen LogP contribution in [0.2, 0.25) is 0 Å². The van der Waals surface area contributed by atoms with E-state index in [0.29, 0.717) is 0 Å². The van der Waals surface area contributed by atoms with E-state index in [1.165, 1.54) is 5.39 Å². The van der Waals surface area contributed by atoms with Gasteiger partial charge in [0.15, 0.2) is 0 Å². The third-order valence-electron chi connectivity index (χ3n) is 1.76. The molecule has 0 aliphatic carbocycles. The Kier molecular flexibility index (Phi) is 1.35. The van der Waals surface area contributed by atoms with Crippen molar-refractivity contribution < 1.29 is 0 Å². The molecule has 2 aromatic rings. The standard InChI is InChI=1S/C10H8N/c1-8-10-5-3-2-4-9(10)6-7-11-8/h2-7H,1H2. The van der Waals surface area contributed by atoms with Crippen LogP contribution in [0.3, 0.4) is 0 Å². The van der Waals surface area contributed by atoms with Crippen LogP contribution >= 0.6 is 0 Å². The van der Waals surface area contributed by atoms with Crippen molar-refractivity contribution in [2.45, 2.75) is 0 Å². The number of rotatable bonds is 0. The van der Waals surface area contributed by atoms with E-state index in [1.54, 1.807) is 6.20 Å². The second-order valence-electron chi connectivity index (χ2n) is 2.48. The molecule has 0 aliphatic rings. The number of hydrogen-bond donors (Lipinski definition) is 0. The number of fused-ring (bicyclic) bond motifs is 1. The second-order valence-corrected chi connectivity index (χ2v) is 2.48. The molecule has 0 unspecified atom stereocenters. The molecule has 1 radical (unpaired) electrons. The summed E-state index contributed by atoms with van der Waals surface area (Å²) >= 11 is 0. The Bertz CT molecular complexity index is 374. The summed E-state index contributed by atoms with van der Waals surface area (Å²) in [5.74, 6) is 0. The SMILES string of the molecule is [CH2]c1nccc2ccccc12. The number of hydrogen-bond acceptors (Lipinski definition) is 1. The minimum absolute atomic E-state index is 0.850. The van der Waals surface area contributed by atoms with Crippen molar-refractivity contribution in [3.8, 4) is 0 Å². The Morgan fingerprint density at radius 2 is 1.91 bits per heavy atom. The summed E-state index contributed by atoms with van der Waals surface area (Å²) in [6, 6.07) is 10.1. The van der Waals surface area contributed by atoms with Crippen LogP contribution in [0, 0.1) is 6.92 Å². The second kappa shape index (κ2) is 2.35. The van der Waals surface area contributed by atoms with Crippen molar-refractivity contribution >= 4 is 10.8 Å². The van der Waals surface area contributed by atoms with Gasteiger partial charge in [-0.25, -0.2) is 0 Å². The van der Waals surface area contributed by atoms with Gasteiger partial charge >= 0.3 is 0 Å². The Hall–Kier alpha value is -1.37. The lowest BCUT2D eigenvalue weighted by molar-refractivity contribution is 1.30. The van der Waals surface area contributed by atoms with Crippen LogP contribution in [0.15, 0.2) is 36.5 Å². The topological polar surface area (TPSA) is 12.9 Å². The smallest absolute Gasteiger partial charge is 0.0485 e. The van der Waals surface area contributed by atoms with Crippen molar-refractivity contribution in [3.05, 3.63) is 49.1 Å². The number of pyridine rings is 1. The third-order valence-corrected chi connectivity index (χ3v) is 1.76. The van der Waals surface area contributed by atoms with E-state index < -0.39 is 0 Å². The van der Waals surface area contributed by atoms with Crippen LogP contribution in [0.5, 0.6) is 0 Å². The van der Waals surface area contributed by atoms with E-state index in [4.69, 9.17) is 0 Å². The molecule has 1 heterocycles. The number of nitrogens with zero attached hydrogens (tertiary/aromatic N) is 1. The Balaban J connectivity index is 2.91. The predicted octanol–water partition coefficient (Wildman–Crippen LogP) is 2.42. The average molecular weight is 142 g/mol. The lowest BCUT2D eigenvalue weighted by Crippen LogP contribution is -1.80. The first-order valence-electron chi connectivity index (χ1n) is 3.53. The van der Waals surface area contributed by atoms with Crippen molar-refractivity contribution in [2.24, 2.45) is 0 Å². The molecule has 0 saturated heterocycles. The number of aromatic nitrogens is 1. The van der Waals surface area contributed by atoms with E-state index >= 15 is 0 Å². The van der Waals surface area contributed by atoms with Gasteiger partial charge in [0.1, 0.15) is 0 Å². The highest BCUT2D eigenvalue weighted by atomic mass is 14.7. The molecule has 1 heteroatoms. The molecule has 1 aromatic carbocycles. The van der Waals surface area contributed by atoms with E-state index in [-0.39, 0.29) is 0 Å². The summed E-state index contributed by atoms with van der Waals surface area (Å²) in [6.07, 6.45) is 1.78. The van der Waals surface area contributed by atoms with Crippen molar-refractivity contribution in [1.82, 2.24) is 4.98 Å². The molecule has 0 atom stereocenters. The van der Waals surface area contributed by atoms with Gasteiger partial charge in [-0.15, -0.1) is 0 Å². The molecule has 1 nitrogen and oxygen atoms in total. The monoisotopic (exact) mass is 142 g/mol. The van der Waals surface area contributed by atoms with Gasteiger partial charge in [-0.3, -0.25) is 4.98 Å². The minimum atomic E-state index is 0.850. The van der Waals surface area contributed by atoms with E-state index in [2.05, 4.69) is 18.0 Å².